The van der Waals surface area contributed by atoms with Crippen LogP contribution in [-0.2, 0) is 87.8 Å². The minimum absolute atomic E-state index is 0. The Labute approximate surface area is 698 Å². The van der Waals surface area contributed by atoms with E-state index in [1.807, 2.05) is 160 Å². The molecule has 16 nitrogen and oxygen atoms in total. The number of aliphatic hydroxyl groups is 3. The summed E-state index contributed by atoms with van der Waals surface area (Å²) in [6, 6.07) is 98.5. The molecule has 0 spiro atoms. The summed E-state index contributed by atoms with van der Waals surface area (Å²) in [6.45, 7) is 14.4. The third kappa shape index (κ3) is 22.8. The minimum Gasteiger partial charge on any atom is -0.512 e. The van der Waals surface area contributed by atoms with Crippen molar-refractivity contribution >= 4 is 55.7 Å². The number of aliphatic hydroxyl groups excluding tert-OH is 3. The number of imidazole rings is 3. The van der Waals surface area contributed by atoms with Crippen LogP contribution in [0.1, 0.15) is 64.1 Å². The first kappa shape index (κ1) is 86.4. The molecule has 0 saturated carbocycles. The first-order valence-electron chi connectivity index (χ1n) is 35.7. The van der Waals surface area contributed by atoms with Gasteiger partial charge >= 0.3 is 0 Å². The van der Waals surface area contributed by atoms with Crippen molar-refractivity contribution in [2.45, 2.75) is 68.5 Å². The SMILES string of the molecule is CC(=O)C=C(C)O.CC(=O)C=C(C)O.CC(=O)C=C(C)O.Cc1cnc(-c2[c-]cccc2)c(C)n1.[Ir].[Ir].[Ir].[c-]1ccccc1-c1cc(-c2ccccc2)ncn1.[c-]1ccccc1-c1nccn1-c1ccccc1.c1cc2c3c(c1)c1ccccc1n1c4ccccc4[n+](c31)C2.c1ccc(-n2cc[n+]3c2-c2ccccc2C3)cc1. The van der Waals surface area contributed by atoms with Gasteiger partial charge in [0.05, 0.1) is 45.4 Å². The standard InChI is InChI=1S/C20H13N2.C16H13N2.C16H11N2.C15H11N2.C12H11N2.3C5H8O2.3Ir/c1-2-9-16-14(7-1)15-8-5-6-13-12-21-17-10-3-4-11-18(17)22(16)20(21)19(13)15;1-2-7-14(8-3-1)18-11-10-17-12-13-6-4-5-9-15(13)16(17)18;1-3-7-13(8-4-1)15-11-16(18-12-17-15)14-9-5-2-6-10-14;1-3-7-13(8-4-1)15-16-11-12-17(15)14-9-5-2-6-10-14;1-9-8-13-12(10(2)14-9)11-6-4-3-5-7-11;3*1-4(6)3-5(2)7;;;/h1-11H,12H2;1-11H,12H2;1-9,11-12H;1-7,9-12H;3-6,8H,1-2H3;3*3,6H,1-2H3;;;/q2*+1;3*-1;;;;;;. The number of fused-ring (bicyclic) bond motifs is 9. The first-order chi connectivity index (χ1) is 53.4. The average Bonchev–Trinajstić information content (AvgIpc) is 1.54. The molecule has 3 N–H and O–H groups in total. The van der Waals surface area contributed by atoms with Crippen molar-refractivity contribution in [1.82, 2.24) is 38.5 Å². The van der Waals surface area contributed by atoms with Crippen LogP contribution in [0.4, 0.5) is 0 Å². The fourth-order valence-electron chi connectivity index (χ4n) is 12.8. The third-order valence-corrected chi connectivity index (χ3v) is 17.2. The summed E-state index contributed by atoms with van der Waals surface area (Å²) in [6.07, 6.45) is 14.9. The van der Waals surface area contributed by atoms with Crippen LogP contribution >= 0.6 is 0 Å². The van der Waals surface area contributed by atoms with Gasteiger partial charge in [-0.1, -0.05) is 140 Å². The molecule has 0 fully saturated rings. The maximum Gasteiger partial charge on any atom is 0.296 e. The molecule has 0 atom stereocenters. The molecule has 19 heteroatoms. The molecule has 0 aliphatic carbocycles. The summed E-state index contributed by atoms with van der Waals surface area (Å²) >= 11 is 0. The minimum atomic E-state index is -0.125. The fourth-order valence-corrected chi connectivity index (χ4v) is 12.8. The Morgan fingerprint density at radius 3 is 1.55 bits per heavy atom. The average molecular weight is 2030 g/mol. The number of rotatable bonds is 9. The maximum absolute atomic E-state index is 10.0. The molecule has 573 valence electrons. The van der Waals surface area contributed by atoms with Crippen LogP contribution in [0.2, 0.25) is 0 Å². The van der Waals surface area contributed by atoms with Crippen molar-refractivity contribution < 1.29 is 99.2 Å². The van der Waals surface area contributed by atoms with Crippen LogP contribution in [0.15, 0.2) is 334 Å². The quantitative estimate of drug-likeness (QED) is 0.0408. The number of hydrogen-bond acceptors (Lipinski definition) is 11. The van der Waals surface area contributed by atoms with Crippen LogP contribution in [0, 0.1) is 32.0 Å². The number of pyridine rings is 1. The van der Waals surface area contributed by atoms with Gasteiger partial charge in [0.2, 0.25) is 0 Å². The molecule has 0 amide bonds. The number of carbonyl (C=O) groups is 3. The van der Waals surface area contributed by atoms with Crippen molar-refractivity contribution in [3.63, 3.8) is 0 Å². The summed E-state index contributed by atoms with van der Waals surface area (Å²) in [5.74, 6) is 2.00. The molecule has 2 aliphatic heterocycles. The van der Waals surface area contributed by atoms with E-state index >= 15 is 0 Å². The van der Waals surface area contributed by atoms with E-state index in [0.29, 0.717) is 0 Å². The van der Waals surface area contributed by atoms with Crippen LogP contribution in [0.3, 0.4) is 0 Å². The van der Waals surface area contributed by atoms with Gasteiger partial charge in [0.1, 0.15) is 43.0 Å². The summed E-state index contributed by atoms with van der Waals surface area (Å²) in [7, 11) is 0. The van der Waals surface area contributed by atoms with Gasteiger partial charge < -0.3 is 24.9 Å². The monoisotopic (exact) mass is 2030 g/mol. The Balaban J connectivity index is 0.000000166. The Hall–Kier alpha value is -12.2. The molecular formula is C94H83Ir3N10O6-. The number of aromatic nitrogens is 10. The zero-order valence-corrected chi connectivity index (χ0v) is 70.7. The normalized spacial score (nSPS) is 11.1. The summed E-state index contributed by atoms with van der Waals surface area (Å²) in [5.41, 5.74) is 20.4. The van der Waals surface area contributed by atoms with Gasteiger partial charge in [0, 0.05) is 136 Å². The van der Waals surface area contributed by atoms with Crippen LogP contribution < -0.4 is 9.13 Å². The topological polar surface area (TPSA) is 198 Å². The second kappa shape index (κ2) is 42.3. The van der Waals surface area contributed by atoms with Gasteiger partial charge in [-0.15, -0.1) is 108 Å². The molecule has 113 heavy (non-hydrogen) atoms. The molecule has 0 unspecified atom stereocenters. The molecule has 6 aromatic heterocycles. The summed E-state index contributed by atoms with van der Waals surface area (Å²) < 4.78 is 11.5. The van der Waals surface area contributed by atoms with E-state index in [9.17, 15) is 14.4 Å². The maximum atomic E-state index is 10.0. The molecule has 3 radical (unpaired) electrons. The van der Waals surface area contributed by atoms with E-state index in [1.165, 1.54) is 126 Å². The molecule has 16 aromatic rings. The molecule has 0 bridgehead atoms. The zero-order chi connectivity index (χ0) is 77.5. The van der Waals surface area contributed by atoms with Gasteiger partial charge in [0.25, 0.3) is 11.5 Å². The van der Waals surface area contributed by atoms with Crippen molar-refractivity contribution in [3.05, 3.63) is 374 Å². The molecule has 10 aromatic carbocycles. The second-order valence-electron chi connectivity index (χ2n) is 25.8. The van der Waals surface area contributed by atoms with E-state index in [4.69, 9.17) is 15.3 Å². The van der Waals surface area contributed by atoms with Crippen LogP contribution in [-0.4, -0.2) is 71.1 Å². The van der Waals surface area contributed by atoms with Crippen molar-refractivity contribution in [1.29, 1.82) is 0 Å². The van der Waals surface area contributed by atoms with E-state index in [1.54, 1.807) is 12.5 Å². The van der Waals surface area contributed by atoms with Gasteiger partial charge in [-0.2, -0.15) is 8.97 Å². The Morgan fingerprint density at radius 2 is 0.973 bits per heavy atom. The van der Waals surface area contributed by atoms with Crippen molar-refractivity contribution in [2.24, 2.45) is 0 Å². The number of hydrogen-bond donors (Lipinski definition) is 3. The van der Waals surface area contributed by atoms with Crippen molar-refractivity contribution in [2.75, 3.05) is 0 Å². The molecular weight excluding hydrogens is 1940 g/mol. The number of carbonyl (C=O) groups excluding carboxylic acids is 3. The molecule has 8 heterocycles. The largest absolute Gasteiger partial charge is 0.512 e. The summed E-state index contributed by atoms with van der Waals surface area (Å²) in [5, 5.41) is 29.2. The predicted molar refractivity (Wildman–Crippen MR) is 436 cm³/mol. The predicted octanol–water partition coefficient (Wildman–Crippen LogP) is 19.5. The Bertz CT molecular complexity index is 5750. The first-order valence-corrected chi connectivity index (χ1v) is 35.7. The van der Waals surface area contributed by atoms with E-state index in [2.05, 4.69) is 206 Å². The number of benzene rings is 10. The number of para-hydroxylation sites is 5. The van der Waals surface area contributed by atoms with E-state index in [-0.39, 0.29) is 94.9 Å². The second-order valence-corrected chi connectivity index (χ2v) is 25.8. The van der Waals surface area contributed by atoms with Crippen molar-refractivity contribution in [3.8, 4) is 67.9 Å². The van der Waals surface area contributed by atoms with Gasteiger partial charge in [-0.05, 0) is 115 Å². The van der Waals surface area contributed by atoms with Gasteiger partial charge in [-0.25, -0.2) is 14.1 Å². The number of ketones is 3. The molecule has 0 saturated heterocycles. The van der Waals surface area contributed by atoms with Gasteiger partial charge in [0.15, 0.2) is 28.4 Å². The van der Waals surface area contributed by atoms with E-state index < -0.39 is 0 Å². The van der Waals surface area contributed by atoms with Crippen LogP contribution in [0.25, 0.3) is 106 Å². The zero-order valence-electron chi connectivity index (χ0n) is 63.5. The number of nitrogens with zero attached hydrogens (tertiary/aromatic N) is 10. The number of aryl methyl sites for hydroxylation is 2. The Morgan fingerprint density at radius 1 is 0.469 bits per heavy atom. The van der Waals surface area contributed by atoms with E-state index in [0.717, 1.165) is 75.3 Å². The smallest absolute Gasteiger partial charge is 0.296 e. The number of allylic oxidation sites excluding steroid dienone is 6. The van der Waals surface area contributed by atoms with Gasteiger partial charge in [-0.3, -0.25) is 29.3 Å². The Kier molecular flexibility index (Phi) is 32.3. The molecule has 18 rings (SSSR count). The summed E-state index contributed by atoms with van der Waals surface area (Å²) in [4.78, 5) is 51.8. The third-order valence-electron chi connectivity index (χ3n) is 17.2. The van der Waals surface area contributed by atoms with Crippen LogP contribution in [0.5, 0.6) is 0 Å². The fraction of sp³-hybridized carbons (Fsp3) is 0.106. The molecule has 2 aliphatic rings.